The third-order valence-electron chi connectivity index (χ3n) is 3.56. The van der Waals surface area contributed by atoms with E-state index in [2.05, 4.69) is 4.98 Å². The molecule has 0 fully saturated rings. The van der Waals surface area contributed by atoms with E-state index in [0.29, 0.717) is 11.3 Å². The number of aromatic nitrogens is 2. The fourth-order valence-corrected chi connectivity index (χ4v) is 2.23. The number of para-hydroxylation sites is 1. The Morgan fingerprint density at radius 3 is 2.58 bits per heavy atom. The summed E-state index contributed by atoms with van der Waals surface area (Å²) in [7, 11) is 0. The molecule has 2 aromatic carbocycles. The van der Waals surface area contributed by atoms with Crippen molar-refractivity contribution in [3.05, 3.63) is 88.0 Å². The molecule has 0 atom stereocenters. The zero-order valence-electron chi connectivity index (χ0n) is 12.9. The average Bonchev–Trinajstić information content (AvgIpc) is 2.58. The first-order valence-electron chi connectivity index (χ1n) is 7.26. The largest absolute Gasteiger partial charge is 0.472 e. The fraction of sp³-hybridized carbons (Fsp3) is 0.111. The van der Waals surface area contributed by atoms with Crippen molar-refractivity contribution in [3.63, 3.8) is 0 Å². The van der Waals surface area contributed by atoms with E-state index in [1.165, 1.54) is 17.0 Å². The monoisotopic (exact) mass is 328 g/mol. The Morgan fingerprint density at radius 1 is 1.12 bits per heavy atom. The highest BCUT2D eigenvalue weighted by molar-refractivity contribution is 5.34. The second kappa shape index (κ2) is 6.62. The first-order valence-corrected chi connectivity index (χ1v) is 7.26. The summed E-state index contributed by atoms with van der Waals surface area (Å²) in [6.45, 7) is 1.44. The van der Waals surface area contributed by atoms with Crippen LogP contribution in [0, 0.1) is 18.6 Å². The third kappa shape index (κ3) is 3.17. The highest BCUT2D eigenvalue weighted by Gasteiger charge is 2.11. The van der Waals surface area contributed by atoms with Gasteiger partial charge in [0.1, 0.15) is 24.6 Å². The molecule has 3 rings (SSSR count). The lowest BCUT2D eigenvalue weighted by molar-refractivity contribution is 0.284. The van der Waals surface area contributed by atoms with Gasteiger partial charge >= 0.3 is 0 Å². The lowest BCUT2D eigenvalue weighted by Gasteiger charge is -2.11. The molecule has 6 heteroatoms. The molecule has 122 valence electrons. The molecule has 0 amide bonds. The summed E-state index contributed by atoms with van der Waals surface area (Å²) in [6.07, 6.45) is 1.36. The van der Waals surface area contributed by atoms with E-state index in [9.17, 15) is 13.6 Å². The van der Waals surface area contributed by atoms with Gasteiger partial charge in [-0.1, -0.05) is 18.2 Å². The molecule has 24 heavy (non-hydrogen) atoms. The van der Waals surface area contributed by atoms with Crippen molar-refractivity contribution in [1.82, 2.24) is 9.55 Å². The molecule has 0 aliphatic heterocycles. The maximum absolute atomic E-state index is 13.6. The number of hydrogen-bond acceptors (Lipinski definition) is 3. The van der Waals surface area contributed by atoms with Crippen molar-refractivity contribution in [2.75, 3.05) is 0 Å². The van der Waals surface area contributed by atoms with Crippen LogP contribution in [0.2, 0.25) is 0 Å². The first kappa shape index (κ1) is 15.9. The lowest BCUT2D eigenvalue weighted by Crippen LogP contribution is -2.22. The smallest absolute Gasteiger partial charge is 0.264 e. The van der Waals surface area contributed by atoms with Crippen molar-refractivity contribution in [2.24, 2.45) is 0 Å². The van der Waals surface area contributed by atoms with Gasteiger partial charge in [-0.05, 0) is 31.2 Å². The third-order valence-corrected chi connectivity index (χ3v) is 3.56. The molecule has 0 radical (unpaired) electrons. The molecule has 0 bridgehead atoms. The molecular weight excluding hydrogens is 314 g/mol. The van der Waals surface area contributed by atoms with Crippen LogP contribution in [-0.2, 0) is 6.61 Å². The zero-order chi connectivity index (χ0) is 17.1. The van der Waals surface area contributed by atoms with Crippen molar-refractivity contribution >= 4 is 0 Å². The highest BCUT2D eigenvalue weighted by Crippen LogP contribution is 2.15. The molecule has 1 aromatic heterocycles. The first-order chi connectivity index (χ1) is 11.6. The van der Waals surface area contributed by atoms with Crippen LogP contribution < -0.4 is 10.3 Å². The fourth-order valence-electron chi connectivity index (χ4n) is 2.23. The van der Waals surface area contributed by atoms with Crippen LogP contribution in [-0.4, -0.2) is 9.55 Å². The quantitative estimate of drug-likeness (QED) is 0.737. The van der Waals surface area contributed by atoms with E-state index >= 15 is 0 Å². The van der Waals surface area contributed by atoms with E-state index in [1.807, 2.05) is 18.2 Å². The highest BCUT2D eigenvalue weighted by atomic mass is 19.1. The lowest BCUT2D eigenvalue weighted by atomic mass is 10.2. The number of hydrogen-bond donors (Lipinski definition) is 0. The maximum atomic E-state index is 13.6. The van der Waals surface area contributed by atoms with Crippen molar-refractivity contribution in [1.29, 1.82) is 0 Å². The Hall–Kier alpha value is -3.02. The van der Waals surface area contributed by atoms with Gasteiger partial charge < -0.3 is 4.74 Å². The minimum absolute atomic E-state index is 0.121. The van der Waals surface area contributed by atoms with Crippen LogP contribution in [0.1, 0.15) is 11.1 Å². The van der Waals surface area contributed by atoms with Gasteiger partial charge in [-0.25, -0.2) is 13.8 Å². The maximum Gasteiger partial charge on any atom is 0.264 e. The predicted octanol–water partition coefficient (Wildman–Crippen LogP) is 3.40. The minimum Gasteiger partial charge on any atom is -0.472 e. The van der Waals surface area contributed by atoms with Crippen LogP contribution in [0.3, 0.4) is 0 Å². The molecule has 3 aromatic rings. The van der Waals surface area contributed by atoms with Crippen molar-refractivity contribution in [2.45, 2.75) is 13.5 Å². The van der Waals surface area contributed by atoms with Gasteiger partial charge in [-0.3, -0.25) is 9.36 Å². The summed E-state index contributed by atoms with van der Waals surface area (Å²) >= 11 is 0. The molecule has 0 saturated carbocycles. The molecule has 4 nitrogen and oxygen atoms in total. The molecular formula is C18H14F2N2O2. The Bertz CT molecular complexity index is 924. The number of rotatable bonds is 4. The number of halogens is 2. The summed E-state index contributed by atoms with van der Waals surface area (Å²) < 4.78 is 33.3. The molecule has 0 spiro atoms. The number of nitrogens with zero attached hydrogens (tertiary/aromatic N) is 2. The van der Waals surface area contributed by atoms with Gasteiger partial charge in [0.05, 0.1) is 11.3 Å². The summed E-state index contributed by atoms with van der Waals surface area (Å²) in [4.78, 5) is 16.6. The van der Waals surface area contributed by atoms with Crippen LogP contribution in [0.25, 0.3) is 5.69 Å². The van der Waals surface area contributed by atoms with Gasteiger partial charge in [0.15, 0.2) is 0 Å². The van der Waals surface area contributed by atoms with Crippen molar-refractivity contribution < 1.29 is 13.5 Å². The second-order valence-corrected chi connectivity index (χ2v) is 5.21. The Morgan fingerprint density at radius 2 is 1.88 bits per heavy atom. The van der Waals surface area contributed by atoms with Crippen molar-refractivity contribution in [3.8, 4) is 11.6 Å². The molecule has 0 aliphatic rings. The summed E-state index contributed by atoms with van der Waals surface area (Å²) in [5, 5.41) is 0. The van der Waals surface area contributed by atoms with E-state index < -0.39 is 11.6 Å². The molecule has 0 unspecified atom stereocenters. The van der Waals surface area contributed by atoms with Gasteiger partial charge in [-0.2, -0.15) is 0 Å². The Kier molecular flexibility index (Phi) is 4.37. The minimum atomic E-state index is -0.703. The van der Waals surface area contributed by atoms with Gasteiger partial charge in [0.2, 0.25) is 5.88 Å². The molecule has 0 N–H and O–H groups in total. The second-order valence-electron chi connectivity index (χ2n) is 5.21. The Labute approximate surface area is 137 Å². The van der Waals surface area contributed by atoms with Gasteiger partial charge in [0.25, 0.3) is 5.56 Å². The molecule has 0 aliphatic carbocycles. The number of ether oxygens (including phenoxy) is 1. The predicted molar refractivity (Wildman–Crippen MR) is 85.3 cm³/mol. The molecule has 0 saturated heterocycles. The summed E-state index contributed by atoms with van der Waals surface area (Å²) in [5.74, 6) is -1.24. The normalized spacial score (nSPS) is 10.6. The topological polar surface area (TPSA) is 44.1 Å². The average molecular weight is 328 g/mol. The van der Waals surface area contributed by atoms with E-state index in [0.717, 1.165) is 12.1 Å². The summed E-state index contributed by atoms with van der Waals surface area (Å²) in [6, 6.07) is 12.3. The van der Waals surface area contributed by atoms with E-state index in [1.54, 1.807) is 19.1 Å². The SMILES string of the molecule is Cc1c(OCc2ccc(F)cc2F)ncn(-c2ccccc2)c1=O. The van der Waals surface area contributed by atoms with Crippen LogP contribution >= 0.6 is 0 Å². The summed E-state index contributed by atoms with van der Waals surface area (Å²) in [5.41, 5.74) is 0.911. The standard InChI is InChI=1S/C18H14F2N2O2/c1-12-17(24-10-13-7-8-14(19)9-16(13)20)21-11-22(18(12)23)15-5-3-2-4-6-15/h2-9,11H,10H2,1H3. The zero-order valence-corrected chi connectivity index (χ0v) is 12.9. The van der Waals surface area contributed by atoms with Crippen LogP contribution in [0.4, 0.5) is 8.78 Å². The molecule has 1 heterocycles. The van der Waals surface area contributed by atoms with E-state index in [4.69, 9.17) is 4.74 Å². The van der Waals surface area contributed by atoms with Gasteiger partial charge in [0, 0.05) is 11.6 Å². The number of benzene rings is 2. The van der Waals surface area contributed by atoms with Crippen LogP contribution in [0.15, 0.2) is 59.7 Å². The van der Waals surface area contributed by atoms with Crippen LogP contribution in [0.5, 0.6) is 5.88 Å². The van der Waals surface area contributed by atoms with Gasteiger partial charge in [-0.15, -0.1) is 0 Å². The van der Waals surface area contributed by atoms with E-state index in [-0.39, 0.29) is 23.6 Å². The Balaban J connectivity index is 1.85.